The van der Waals surface area contributed by atoms with Crippen molar-refractivity contribution in [3.63, 3.8) is 0 Å². The summed E-state index contributed by atoms with van der Waals surface area (Å²) in [4.78, 5) is 12.4. The second-order valence-corrected chi connectivity index (χ2v) is 6.48. The van der Waals surface area contributed by atoms with Crippen LogP contribution in [0.25, 0.3) is 10.9 Å². The molecule has 0 amide bonds. The highest BCUT2D eigenvalue weighted by molar-refractivity contribution is 6.48. The van der Waals surface area contributed by atoms with E-state index >= 15 is 0 Å². The molecular weight excluding hydrogens is 360 g/mol. The van der Waals surface area contributed by atoms with E-state index in [-0.39, 0.29) is 22.9 Å². The molecule has 0 saturated carbocycles. The summed E-state index contributed by atoms with van der Waals surface area (Å²) in [6, 6.07) is 9.16. The van der Waals surface area contributed by atoms with Crippen molar-refractivity contribution in [2.45, 2.75) is 13.5 Å². The van der Waals surface area contributed by atoms with Gasteiger partial charge in [0.15, 0.2) is 0 Å². The highest BCUT2D eigenvalue weighted by Crippen LogP contribution is 2.31. The number of hydrogen-bond acceptors (Lipinski definition) is 1. The van der Waals surface area contributed by atoms with E-state index < -0.39 is 0 Å². The molecule has 0 aliphatic carbocycles. The van der Waals surface area contributed by atoms with E-state index in [1.165, 1.54) is 18.2 Å². The van der Waals surface area contributed by atoms with Crippen LogP contribution < -0.4 is 5.56 Å². The molecule has 0 unspecified atom stereocenters. The number of rotatable bonds is 2. The van der Waals surface area contributed by atoms with E-state index in [1.54, 1.807) is 29.7 Å². The standard InChI is InChI=1S/C17H11Cl3FNO/c1-9-4-16(23)22(15-3-2-11(21)7-12(9)15)8-10-5-13(18)17(20)14(19)6-10/h2-7H,8H2,1H3. The Labute approximate surface area is 147 Å². The molecule has 118 valence electrons. The third-order valence-electron chi connectivity index (χ3n) is 3.66. The van der Waals surface area contributed by atoms with E-state index in [0.29, 0.717) is 20.9 Å². The first-order valence-corrected chi connectivity index (χ1v) is 7.93. The average Bonchev–Trinajstić information content (AvgIpc) is 2.49. The Morgan fingerprint density at radius 1 is 1.04 bits per heavy atom. The third kappa shape index (κ3) is 3.09. The van der Waals surface area contributed by atoms with Crippen molar-refractivity contribution in [1.82, 2.24) is 4.57 Å². The molecule has 1 aromatic heterocycles. The minimum absolute atomic E-state index is 0.177. The summed E-state index contributed by atoms with van der Waals surface area (Å²) in [7, 11) is 0. The second-order valence-electron chi connectivity index (χ2n) is 5.29. The largest absolute Gasteiger partial charge is 0.304 e. The minimum atomic E-state index is -0.344. The first-order valence-electron chi connectivity index (χ1n) is 6.80. The van der Waals surface area contributed by atoms with Crippen LogP contribution in [0.2, 0.25) is 15.1 Å². The predicted molar refractivity (Wildman–Crippen MR) is 93.5 cm³/mol. The molecule has 23 heavy (non-hydrogen) atoms. The molecule has 0 bridgehead atoms. The molecule has 3 aromatic rings. The monoisotopic (exact) mass is 369 g/mol. The molecule has 0 saturated heterocycles. The zero-order valence-electron chi connectivity index (χ0n) is 12.0. The number of halogens is 4. The van der Waals surface area contributed by atoms with Crippen LogP contribution >= 0.6 is 34.8 Å². The summed E-state index contributed by atoms with van der Waals surface area (Å²) < 4.78 is 15.0. The minimum Gasteiger partial charge on any atom is -0.304 e. The van der Waals surface area contributed by atoms with Crippen molar-refractivity contribution >= 4 is 45.7 Å². The number of pyridine rings is 1. The van der Waals surface area contributed by atoms with E-state index in [4.69, 9.17) is 34.8 Å². The van der Waals surface area contributed by atoms with E-state index in [1.807, 2.05) is 0 Å². The normalized spacial score (nSPS) is 11.2. The van der Waals surface area contributed by atoms with Crippen LogP contribution in [-0.2, 0) is 6.54 Å². The van der Waals surface area contributed by atoms with Gasteiger partial charge in [-0.2, -0.15) is 0 Å². The third-order valence-corrected chi connectivity index (χ3v) is 4.86. The topological polar surface area (TPSA) is 22.0 Å². The average molecular weight is 371 g/mol. The van der Waals surface area contributed by atoms with Crippen LogP contribution in [0.15, 0.2) is 41.2 Å². The van der Waals surface area contributed by atoms with Crippen LogP contribution in [0.1, 0.15) is 11.1 Å². The van der Waals surface area contributed by atoms with Gasteiger partial charge in [0.1, 0.15) is 5.82 Å². The lowest BCUT2D eigenvalue weighted by Gasteiger charge is -2.13. The van der Waals surface area contributed by atoms with Crippen molar-refractivity contribution in [2.24, 2.45) is 0 Å². The molecule has 0 aliphatic rings. The lowest BCUT2D eigenvalue weighted by Crippen LogP contribution is -2.21. The lowest BCUT2D eigenvalue weighted by atomic mass is 10.1. The molecule has 0 N–H and O–H groups in total. The van der Waals surface area contributed by atoms with Gasteiger partial charge in [-0.05, 0) is 48.4 Å². The van der Waals surface area contributed by atoms with E-state index in [0.717, 1.165) is 11.1 Å². The quantitative estimate of drug-likeness (QED) is 0.549. The summed E-state index contributed by atoms with van der Waals surface area (Å²) in [5.74, 6) is -0.344. The van der Waals surface area contributed by atoms with Crippen LogP contribution in [0.4, 0.5) is 4.39 Å². The smallest absolute Gasteiger partial charge is 0.251 e. The Bertz CT molecular complexity index is 958. The Morgan fingerprint density at radius 3 is 2.35 bits per heavy atom. The van der Waals surface area contributed by atoms with Crippen LogP contribution in [0, 0.1) is 12.7 Å². The van der Waals surface area contributed by atoms with Crippen LogP contribution in [0.5, 0.6) is 0 Å². The zero-order valence-corrected chi connectivity index (χ0v) is 14.3. The number of fused-ring (bicyclic) bond motifs is 1. The molecule has 6 heteroatoms. The Balaban J connectivity index is 2.19. The molecule has 3 rings (SSSR count). The van der Waals surface area contributed by atoms with Crippen LogP contribution in [-0.4, -0.2) is 4.57 Å². The Kier molecular flexibility index (Phi) is 4.37. The molecule has 0 fully saturated rings. The molecule has 2 aromatic carbocycles. The highest BCUT2D eigenvalue weighted by atomic mass is 35.5. The van der Waals surface area contributed by atoms with Gasteiger partial charge in [-0.15, -0.1) is 0 Å². The van der Waals surface area contributed by atoms with Gasteiger partial charge in [0, 0.05) is 11.5 Å². The first kappa shape index (κ1) is 16.3. The fraction of sp³-hybridized carbons (Fsp3) is 0.118. The van der Waals surface area contributed by atoms with E-state index in [2.05, 4.69) is 0 Å². The number of hydrogen-bond donors (Lipinski definition) is 0. The summed E-state index contributed by atoms with van der Waals surface area (Å²) >= 11 is 18.0. The van der Waals surface area contributed by atoms with Gasteiger partial charge in [-0.25, -0.2) is 4.39 Å². The van der Waals surface area contributed by atoms with Gasteiger partial charge in [0.25, 0.3) is 5.56 Å². The van der Waals surface area contributed by atoms with Gasteiger partial charge >= 0.3 is 0 Å². The summed E-state index contributed by atoms with van der Waals surface area (Å²) in [5, 5.41) is 1.62. The van der Waals surface area contributed by atoms with Gasteiger partial charge < -0.3 is 4.57 Å². The van der Waals surface area contributed by atoms with Crippen LogP contribution in [0.3, 0.4) is 0 Å². The van der Waals surface area contributed by atoms with Gasteiger partial charge in [-0.3, -0.25) is 4.79 Å². The number of nitrogens with zero attached hydrogens (tertiary/aromatic N) is 1. The van der Waals surface area contributed by atoms with Gasteiger partial charge in [0.2, 0.25) is 0 Å². The van der Waals surface area contributed by atoms with Crippen molar-refractivity contribution in [2.75, 3.05) is 0 Å². The predicted octanol–water partition coefficient (Wildman–Crippen LogP) is 5.46. The summed E-state index contributed by atoms with van der Waals surface area (Å²) in [6.07, 6.45) is 0. The molecule has 0 radical (unpaired) electrons. The first-order chi connectivity index (χ1) is 10.9. The van der Waals surface area contributed by atoms with Crippen molar-refractivity contribution in [3.05, 3.63) is 78.8 Å². The molecule has 1 heterocycles. The molecule has 0 spiro atoms. The van der Waals surface area contributed by atoms with Gasteiger partial charge in [-0.1, -0.05) is 34.8 Å². The second kappa shape index (κ2) is 6.16. The molecular formula is C17H11Cl3FNO. The number of aromatic nitrogens is 1. The SMILES string of the molecule is Cc1cc(=O)n(Cc2cc(Cl)c(Cl)c(Cl)c2)c2ccc(F)cc12. The van der Waals surface area contributed by atoms with E-state index in [9.17, 15) is 9.18 Å². The maximum Gasteiger partial charge on any atom is 0.251 e. The number of benzene rings is 2. The molecule has 0 aliphatic heterocycles. The summed E-state index contributed by atoms with van der Waals surface area (Å²) in [6.45, 7) is 2.04. The van der Waals surface area contributed by atoms with Crippen molar-refractivity contribution in [1.29, 1.82) is 0 Å². The lowest BCUT2D eigenvalue weighted by molar-refractivity contribution is 0.629. The van der Waals surface area contributed by atoms with Gasteiger partial charge in [0.05, 0.1) is 27.1 Å². The maximum absolute atomic E-state index is 13.5. The fourth-order valence-corrected chi connectivity index (χ4v) is 3.21. The Morgan fingerprint density at radius 2 is 1.70 bits per heavy atom. The maximum atomic E-state index is 13.5. The Hall–Kier alpha value is -1.55. The fourth-order valence-electron chi connectivity index (χ4n) is 2.56. The van der Waals surface area contributed by atoms with Crippen molar-refractivity contribution < 1.29 is 4.39 Å². The molecule has 2 nitrogen and oxygen atoms in total. The molecule has 0 atom stereocenters. The number of aryl methyl sites for hydroxylation is 1. The van der Waals surface area contributed by atoms with Crippen molar-refractivity contribution in [3.8, 4) is 0 Å². The highest BCUT2D eigenvalue weighted by Gasteiger charge is 2.11. The summed E-state index contributed by atoms with van der Waals surface area (Å²) in [5.41, 5.74) is 1.94. The zero-order chi connectivity index (χ0) is 16.7.